The molecule has 1 unspecified atom stereocenters. The van der Waals surface area contributed by atoms with Gasteiger partial charge in [0.2, 0.25) is 0 Å². The first-order valence-corrected chi connectivity index (χ1v) is 3.77. The van der Waals surface area contributed by atoms with Crippen LogP contribution < -0.4 is 51.4 Å². The minimum absolute atomic E-state index is 0. The summed E-state index contributed by atoms with van der Waals surface area (Å²) in [5, 5.41) is 0. The zero-order valence-corrected chi connectivity index (χ0v) is 8.43. The normalized spacial score (nSPS) is 17.7. The first-order valence-electron chi connectivity index (χ1n) is 0.924. The Balaban J connectivity index is -0.0000000800. The first-order chi connectivity index (χ1) is 2.00. The van der Waals surface area contributed by atoms with E-state index in [2.05, 4.69) is 11.2 Å². The van der Waals surface area contributed by atoms with E-state index < -0.39 is 8.77 Å². The summed E-state index contributed by atoms with van der Waals surface area (Å²) in [7, 11) is -2.83. The predicted molar refractivity (Wildman–Crippen MR) is 25.2 cm³/mol. The van der Waals surface area contributed by atoms with Crippen molar-refractivity contribution in [3.8, 4) is 0 Å². The molecule has 2 nitrogen and oxygen atoms in total. The Morgan fingerprint density at radius 3 is 2.00 bits per heavy atom. The maximum absolute atomic E-state index is 9.56. The fourth-order valence-electron chi connectivity index (χ4n) is 0. The standard InChI is InChI=1S/CH4O2S2.K.H/c1-5(2,3)4;;/h1H3,(H,2,3,4);;/q;+1;-1. The van der Waals surface area contributed by atoms with Crippen LogP contribution in [0.5, 0.6) is 0 Å². The molecule has 0 fully saturated rings. The summed E-state index contributed by atoms with van der Waals surface area (Å²) in [4.78, 5) is 0. The number of rotatable bonds is 0. The third-order valence-corrected chi connectivity index (χ3v) is 0. The summed E-state index contributed by atoms with van der Waals surface area (Å²) in [6.07, 6.45) is 1.09. The van der Waals surface area contributed by atoms with Crippen LogP contribution in [0.2, 0.25) is 0 Å². The molecule has 1 N–H and O–H groups in total. The van der Waals surface area contributed by atoms with Gasteiger partial charge in [0.05, 0.1) is 0 Å². The zero-order valence-electron chi connectivity index (χ0n) is 4.67. The van der Waals surface area contributed by atoms with E-state index in [-0.39, 0.29) is 52.8 Å². The second kappa shape index (κ2) is 3.91. The SMILES string of the molecule is CS(=O)(O)=S.[H-].[K+]. The molecule has 0 saturated carbocycles. The summed E-state index contributed by atoms with van der Waals surface area (Å²) in [5.41, 5.74) is 0. The van der Waals surface area contributed by atoms with Crippen LogP contribution in [0.15, 0.2) is 0 Å². The van der Waals surface area contributed by atoms with Crippen LogP contribution >= 0.6 is 0 Å². The largest absolute Gasteiger partial charge is 1.00 e. The Morgan fingerprint density at radius 2 is 2.00 bits per heavy atom. The van der Waals surface area contributed by atoms with Crippen molar-refractivity contribution in [2.75, 3.05) is 6.26 Å². The van der Waals surface area contributed by atoms with Crippen molar-refractivity contribution >= 4 is 20.0 Å². The van der Waals surface area contributed by atoms with Gasteiger partial charge in [-0.1, -0.05) is 0 Å². The Hall–Kier alpha value is 1.97. The molecule has 0 saturated heterocycles. The molecule has 6 heavy (non-hydrogen) atoms. The maximum Gasteiger partial charge on any atom is 1.00 e. The average molecular weight is 152 g/mol. The Bertz CT molecular complexity index is 98.9. The molecule has 0 aromatic heterocycles. The summed E-state index contributed by atoms with van der Waals surface area (Å²) < 4.78 is 17.4. The van der Waals surface area contributed by atoms with E-state index in [1.165, 1.54) is 0 Å². The van der Waals surface area contributed by atoms with Gasteiger partial charge < -0.3 is 5.98 Å². The molecular formula is CH5KO2S2. The van der Waals surface area contributed by atoms with Crippen LogP contribution in [0.1, 0.15) is 1.43 Å². The molecule has 0 aromatic rings. The van der Waals surface area contributed by atoms with E-state index in [0.29, 0.717) is 0 Å². The molecular weight excluding hydrogens is 147 g/mol. The minimum atomic E-state index is -2.83. The topological polar surface area (TPSA) is 37.3 Å². The zero-order chi connectivity index (χ0) is 4.50. The smallest absolute Gasteiger partial charge is 1.00 e. The van der Waals surface area contributed by atoms with Crippen LogP contribution in [-0.2, 0) is 20.0 Å². The van der Waals surface area contributed by atoms with Gasteiger partial charge in [0.25, 0.3) is 0 Å². The molecule has 0 amide bonds. The van der Waals surface area contributed by atoms with E-state index in [1.54, 1.807) is 0 Å². The second-order valence-electron chi connectivity index (χ2n) is 0.733. The molecule has 0 heterocycles. The van der Waals surface area contributed by atoms with Gasteiger partial charge in [-0.15, -0.1) is 0 Å². The van der Waals surface area contributed by atoms with Crippen LogP contribution in [0.25, 0.3) is 0 Å². The molecule has 34 valence electrons. The fourth-order valence-corrected chi connectivity index (χ4v) is 0. The Kier molecular flexibility index (Phi) is 7.07. The van der Waals surface area contributed by atoms with Crippen molar-refractivity contribution in [1.29, 1.82) is 0 Å². The molecule has 0 rings (SSSR count). The summed E-state index contributed by atoms with van der Waals surface area (Å²) in [6.45, 7) is 0. The van der Waals surface area contributed by atoms with Crippen molar-refractivity contribution in [2.45, 2.75) is 0 Å². The summed E-state index contributed by atoms with van der Waals surface area (Å²) in [6, 6.07) is 0. The van der Waals surface area contributed by atoms with E-state index in [9.17, 15) is 4.21 Å². The maximum atomic E-state index is 9.56. The van der Waals surface area contributed by atoms with Crippen molar-refractivity contribution in [1.82, 2.24) is 0 Å². The van der Waals surface area contributed by atoms with Gasteiger partial charge in [-0.3, -0.25) is 0 Å². The molecule has 0 aliphatic rings. The number of hydrogen-bond acceptors (Lipinski definition) is 2. The minimum Gasteiger partial charge on any atom is -1.00 e. The van der Waals surface area contributed by atoms with E-state index in [4.69, 9.17) is 4.55 Å². The molecule has 0 radical (unpaired) electrons. The summed E-state index contributed by atoms with van der Waals surface area (Å²) in [5.74, 6) is 0. The van der Waals surface area contributed by atoms with Crippen LogP contribution in [0.3, 0.4) is 0 Å². The van der Waals surface area contributed by atoms with E-state index in [1.807, 2.05) is 0 Å². The molecule has 5 heteroatoms. The third-order valence-electron chi connectivity index (χ3n) is 0. The van der Waals surface area contributed by atoms with Gasteiger partial charge in [0.1, 0.15) is 8.77 Å². The second-order valence-corrected chi connectivity index (χ2v) is 4.05. The van der Waals surface area contributed by atoms with Gasteiger partial charge in [-0.05, 0) is 0 Å². The first kappa shape index (κ1) is 10.9. The van der Waals surface area contributed by atoms with Gasteiger partial charge >= 0.3 is 51.4 Å². The molecule has 1 atom stereocenters. The van der Waals surface area contributed by atoms with Crippen LogP contribution in [-0.4, -0.2) is 15.0 Å². The van der Waals surface area contributed by atoms with E-state index in [0.717, 1.165) is 6.26 Å². The quantitative estimate of drug-likeness (QED) is 0.375. The van der Waals surface area contributed by atoms with Gasteiger partial charge in [0, 0.05) is 17.4 Å². The Labute approximate surface area is 86.1 Å². The monoisotopic (exact) mass is 152 g/mol. The van der Waals surface area contributed by atoms with Crippen molar-refractivity contribution in [3.05, 3.63) is 0 Å². The third kappa shape index (κ3) is 38.1. The average Bonchev–Trinajstić information content (AvgIpc) is 0.722. The van der Waals surface area contributed by atoms with Gasteiger partial charge in [-0.25, -0.2) is 4.21 Å². The van der Waals surface area contributed by atoms with Crippen molar-refractivity contribution < 1.29 is 61.6 Å². The van der Waals surface area contributed by atoms with Crippen molar-refractivity contribution in [3.63, 3.8) is 0 Å². The summed E-state index contributed by atoms with van der Waals surface area (Å²) >= 11 is 3.91. The van der Waals surface area contributed by atoms with Crippen molar-refractivity contribution in [2.24, 2.45) is 0 Å². The van der Waals surface area contributed by atoms with Crippen LogP contribution in [0.4, 0.5) is 0 Å². The number of hydrogen-bond donors (Lipinski definition) is 1. The van der Waals surface area contributed by atoms with Gasteiger partial charge in [0.15, 0.2) is 0 Å². The molecule has 0 aliphatic carbocycles. The molecule has 0 spiro atoms. The Morgan fingerprint density at radius 1 is 2.00 bits per heavy atom. The molecule has 0 bridgehead atoms. The molecule has 0 aromatic carbocycles. The van der Waals surface area contributed by atoms with Gasteiger partial charge in [-0.2, -0.15) is 0 Å². The predicted octanol–water partition coefficient (Wildman–Crippen LogP) is -3.05. The van der Waals surface area contributed by atoms with Crippen LogP contribution in [0, 0.1) is 0 Å². The van der Waals surface area contributed by atoms with E-state index >= 15 is 0 Å². The fraction of sp³-hybridized carbons (Fsp3) is 1.00. The molecule has 0 aliphatic heterocycles.